The highest BCUT2D eigenvalue weighted by Gasteiger charge is 2.58. The molecular formula is C25H31Cl2N3O7. The number of carbonyl (C=O) groups excluding carboxylic acids is 3. The molecule has 2 fully saturated rings. The van der Waals surface area contributed by atoms with E-state index in [1.165, 1.54) is 9.80 Å². The number of hydrogen-bond acceptors (Lipinski definition) is 5. The lowest BCUT2D eigenvalue weighted by atomic mass is 9.65. The summed E-state index contributed by atoms with van der Waals surface area (Å²) in [6.07, 6.45) is 0.120. The lowest BCUT2D eigenvalue weighted by Crippen LogP contribution is -2.53. The largest absolute Gasteiger partial charge is 0.481 e. The van der Waals surface area contributed by atoms with E-state index in [1.807, 2.05) is 0 Å². The number of rotatable bonds is 7. The predicted octanol–water partition coefficient (Wildman–Crippen LogP) is 2.76. The maximum Gasteiger partial charge on any atom is 0.326 e. The Morgan fingerprint density at radius 1 is 1.00 bits per heavy atom. The SMILES string of the molecule is CC1(C(=O)O)CCC(C(=O)NC(CC(=O)N2CCN(C(=O)c3c(Cl)cccc3Cl)CC2)C(=O)O)C1(C)C. The molecule has 37 heavy (non-hydrogen) atoms. The molecular weight excluding hydrogens is 525 g/mol. The monoisotopic (exact) mass is 555 g/mol. The Bertz CT molecular complexity index is 1100. The summed E-state index contributed by atoms with van der Waals surface area (Å²) in [6.45, 7) is 5.75. The molecule has 1 saturated heterocycles. The Hall–Kier alpha value is -2.85. The van der Waals surface area contributed by atoms with Gasteiger partial charge in [0.15, 0.2) is 0 Å². The summed E-state index contributed by atoms with van der Waals surface area (Å²) in [7, 11) is 0. The van der Waals surface area contributed by atoms with E-state index in [-0.39, 0.29) is 54.1 Å². The Kier molecular flexibility index (Phi) is 8.44. The second-order valence-corrected chi connectivity index (χ2v) is 11.1. The molecule has 0 bridgehead atoms. The number of nitrogens with zero attached hydrogens (tertiary/aromatic N) is 2. The van der Waals surface area contributed by atoms with E-state index in [0.717, 1.165) is 0 Å². The van der Waals surface area contributed by atoms with Gasteiger partial charge in [-0.05, 0) is 37.3 Å². The number of amides is 3. The number of carbonyl (C=O) groups is 5. The van der Waals surface area contributed by atoms with Gasteiger partial charge in [-0.3, -0.25) is 19.2 Å². The number of halogens is 2. The molecule has 0 radical (unpaired) electrons. The topological polar surface area (TPSA) is 144 Å². The van der Waals surface area contributed by atoms with Crippen molar-refractivity contribution in [2.24, 2.45) is 16.7 Å². The number of carboxylic acids is 2. The van der Waals surface area contributed by atoms with Crippen LogP contribution < -0.4 is 5.32 Å². The van der Waals surface area contributed by atoms with Crippen molar-refractivity contribution >= 4 is 52.9 Å². The first-order valence-electron chi connectivity index (χ1n) is 12.0. The number of piperazine rings is 1. The molecule has 1 heterocycles. The fraction of sp³-hybridized carbons (Fsp3) is 0.560. The average Bonchev–Trinajstić information content (AvgIpc) is 3.08. The molecule has 1 aromatic rings. The third-order valence-electron chi connectivity index (χ3n) is 8.10. The average molecular weight is 556 g/mol. The highest BCUT2D eigenvalue weighted by Crippen LogP contribution is 2.56. The predicted molar refractivity (Wildman–Crippen MR) is 135 cm³/mol. The van der Waals surface area contributed by atoms with Crippen LogP contribution in [0.15, 0.2) is 18.2 Å². The van der Waals surface area contributed by atoms with Crippen molar-refractivity contribution in [1.82, 2.24) is 15.1 Å². The van der Waals surface area contributed by atoms with Gasteiger partial charge in [-0.25, -0.2) is 4.79 Å². The number of nitrogens with one attached hydrogen (secondary N) is 1. The third-order valence-corrected chi connectivity index (χ3v) is 8.73. The molecule has 3 N–H and O–H groups in total. The maximum absolute atomic E-state index is 13.0. The van der Waals surface area contributed by atoms with Crippen molar-refractivity contribution in [1.29, 1.82) is 0 Å². The fourth-order valence-corrected chi connectivity index (χ4v) is 5.70. The van der Waals surface area contributed by atoms with E-state index in [1.54, 1.807) is 39.0 Å². The lowest BCUT2D eigenvalue weighted by Gasteiger charge is -2.38. The zero-order chi connectivity index (χ0) is 27.7. The quantitative estimate of drug-likeness (QED) is 0.469. The van der Waals surface area contributed by atoms with E-state index in [4.69, 9.17) is 23.2 Å². The van der Waals surface area contributed by atoms with Crippen LogP contribution in [0.4, 0.5) is 0 Å². The molecule has 10 nitrogen and oxygen atoms in total. The molecule has 0 aromatic heterocycles. The summed E-state index contributed by atoms with van der Waals surface area (Å²) in [5, 5.41) is 22.2. The van der Waals surface area contributed by atoms with Gasteiger partial charge in [-0.1, -0.05) is 43.1 Å². The minimum Gasteiger partial charge on any atom is -0.481 e. The van der Waals surface area contributed by atoms with Crippen LogP contribution in [0.5, 0.6) is 0 Å². The van der Waals surface area contributed by atoms with Crippen LogP contribution in [0.25, 0.3) is 0 Å². The molecule has 12 heteroatoms. The minimum atomic E-state index is -1.46. The van der Waals surface area contributed by atoms with Crippen molar-refractivity contribution in [3.05, 3.63) is 33.8 Å². The zero-order valence-electron chi connectivity index (χ0n) is 20.9. The molecule has 2 aliphatic rings. The van der Waals surface area contributed by atoms with E-state index >= 15 is 0 Å². The molecule has 1 aromatic carbocycles. The summed E-state index contributed by atoms with van der Waals surface area (Å²) in [5.74, 6) is -4.49. The van der Waals surface area contributed by atoms with Crippen molar-refractivity contribution < 1.29 is 34.2 Å². The van der Waals surface area contributed by atoms with Crippen LogP contribution in [0.2, 0.25) is 10.0 Å². The highest BCUT2D eigenvalue weighted by molar-refractivity contribution is 6.39. The van der Waals surface area contributed by atoms with Crippen molar-refractivity contribution in [2.75, 3.05) is 26.2 Å². The van der Waals surface area contributed by atoms with E-state index < -0.39 is 53.0 Å². The number of benzene rings is 1. The number of carboxylic acid groups (broad SMARTS) is 2. The van der Waals surface area contributed by atoms with Gasteiger partial charge in [0, 0.05) is 32.1 Å². The van der Waals surface area contributed by atoms with Gasteiger partial charge >= 0.3 is 11.9 Å². The summed E-state index contributed by atoms with van der Waals surface area (Å²) in [6, 6.07) is 3.30. The Morgan fingerprint density at radius 3 is 2.03 bits per heavy atom. The van der Waals surface area contributed by atoms with Gasteiger partial charge in [0.05, 0.1) is 27.4 Å². The van der Waals surface area contributed by atoms with E-state index in [9.17, 15) is 34.2 Å². The molecule has 3 rings (SSSR count). The van der Waals surface area contributed by atoms with Crippen molar-refractivity contribution in [2.45, 2.75) is 46.1 Å². The first-order valence-corrected chi connectivity index (χ1v) is 12.7. The third kappa shape index (κ3) is 5.55. The number of aliphatic carboxylic acids is 2. The molecule has 0 spiro atoms. The Morgan fingerprint density at radius 2 is 1.54 bits per heavy atom. The van der Waals surface area contributed by atoms with E-state index in [2.05, 4.69) is 5.32 Å². The van der Waals surface area contributed by atoms with Gasteiger partial charge in [0.2, 0.25) is 11.8 Å². The molecule has 202 valence electrons. The lowest BCUT2D eigenvalue weighted by molar-refractivity contribution is -0.155. The second kappa shape index (κ2) is 10.9. The fourth-order valence-electron chi connectivity index (χ4n) is 5.14. The van der Waals surface area contributed by atoms with Crippen LogP contribution in [0, 0.1) is 16.7 Å². The molecule has 1 saturated carbocycles. The number of hydrogen-bond donors (Lipinski definition) is 3. The summed E-state index contributed by atoms with van der Waals surface area (Å²) < 4.78 is 0. The van der Waals surface area contributed by atoms with Crippen LogP contribution in [0.3, 0.4) is 0 Å². The standard InChI is InChI=1S/C25H31Cl2N3O7/c1-24(2)14(7-8-25(24,3)23(36)37)20(32)28-17(22(34)35)13-18(31)29-9-11-30(12-10-29)21(33)19-15(26)5-4-6-16(19)27/h4-6,14,17H,7-13H2,1-3H3,(H,28,32)(H,34,35)(H,36,37). The van der Waals surface area contributed by atoms with Gasteiger partial charge < -0.3 is 25.3 Å². The molecule has 3 atom stereocenters. The first-order chi connectivity index (χ1) is 17.2. The normalized spacial score (nSPS) is 23.9. The second-order valence-electron chi connectivity index (χ2n) is 10.3. The van der Waals surface area contributed by atoms with Crippen LogP contribution in [0.1, 0.15) is 50.4 Å². The summed E-state index contributed by atoms with van der Waals surface area (Å²) in [4.78, 5) is 65.4. The molecule has 3 unspecified atom stereocenters. The van der Waals surface area contributed by atoms with Crippen molar-refractivity contribution in [3.63, 3.8) is 0 Å². The first kappa shape index (κ1) is 28.7. The van der Waals surface area contributed by atoms with Crippen LogP contribution in [-0.4, -0.2) is 81.9 Å². The molecule has 1 aliphatic heterocycles. The van der Waals surface area contributed by atoms with Crippen molar-refractivity contribution in [3.8, 4) is 0 Å². The minimum absolute atomic E-state index is 0.180. The van der Waals surface area contributed by atoms with Gasteiger partial charge in [0.25, 0.3) is 5.91 Å². The zero-order valence-corrected chi connectivity index (χ0v) is 22.4. The summed E-state index contributed by atoms with van der Waals surface area (Å²) in [5.41, 5.74) is -1.86. The smallest absolute Gasteiger partial charge is 0.326 e. The highest BCUT2D eigenvalue weighted by atomic mass is 35.5. The molecule has 3 amide bonds. The van der Waals surface area contributed by atoms with Crippen LogP contribution in [-0.2, 0) is 19.2 Å². The Balaban J connectivity index is 1.60. The maximum atomic E-state index is 13.0. The Labute approximate surface area is 224 Å². The summed E-state index contributed by atoms with van der Waals surface area (Å²) >= 11 is 12.3. The molecule has 1 aliphatic carbocycles. The van der Waals surface area contributed by atoms with Gasteiger partial charge in [0.1, 0.15) is 6.04 Å². The van der Waals surface area contributed by atoms with Gasteiger partial charge in [-0.2, -0.15) is 0 Å². The van der Waals surface area contributed by atoms with Crippen LogP contribution >= 0.6 is 23.2 Å². The van der Waals surface area contributed by atoms with E-state index in [0.29, 0.717) is 6.42 Å². The van der Waals surface area contributed by atoms with Gasteiger partial charge in [-0.15, -0.1) is 0 Å².